The summed E-state index contributed by atoms with van der Waals surface area (Å²) in [5, 5.41) is 14.1. The Bertz CT molecular complexity index is 431. The number of rotatable bonds is 3. The van der Waals surface area contributed by atoms with Crippen molar-refractivity contribution in [1.29, 1.82) is 0 Å². The average Bonchev–Trinajstić information content (AvgIpc) is 2.29. The number of hydrogen-bond acceptors (Lipinski definition) is 5. The van der Waals surface area contributed by atoms with Crippen LogP contribution in [0.4, 0.5) is 10.5 Å². The average molecular weight is 223 g/mol. The number of amides is 1. The maximum absolute atomic E-state index is 10.6. The molecule has 84 valence electrons. The number of hydrogen-bond donors (Lipinski definition) is 1. The second-order valence-electron chi connectivity index (χ2n) is 2.68. The van der Waals surface area contributed by atoms with Crippen LogP contribution in [0.3, 0.4) is 0 Å². The van der Waals surface area contributed by atoms with E-state index >= 15 is 0 Å². The lowest BCUT2D eigenvalue weighted by atomic mass is 10.2. The summed E-state index contributed by atoms with van der Waals surface area (Å²) in [5.41, 5.74) is 2.24. The van der Waals surface area contributed by atoms with Gasteiger partial charge in [0.05, 0.1) is 23.8 Å². The van der Waals surface area contributed by atoms with Gasteiger partial charge >= 0.3 is 6.09 Å². The summed E-state index contributed by atoms with van der Waals surface area (Å²) in [4.78, 5) is 20.7. The maximum atomic E-state index is 10.6. The van der Waals surface area contributed by atoms with Crippen molar-refractivity contribution in [3.05, 3.63) is 39.9 Å². The number of nitrogens with zero attached hydrogens (tertiary/aromatic N) is 2. The minimum absolute atomic E-state index is 0.0853. The summed E-state index contributed by atoms with van der Waals surface area (Å²) in [6.45, 7) is 0. The van der Waals surface area contributed by atoms with Crippen LogP contribution in [0.25, 0.3) is 0 Å². The third-order valence-corrected chi connectivity index (χ3v) is 1.68. The largest absolute Gasteiger partial charge is 0.452 e. The molecule has 1 aromatic rings. The van der Waals surface area contributed by atoms with Gasteiger partial charge in [-0.1, -0.05) is 12.1 Å². The van der Waals surface area contributed by atoms with Crippen LogP contribution in [0, 0.1) is 10.1 Å². The highest BCUT2D eigenvalue weighted by molar-refractivity contribution is 5.85. The van der Waals surface area contributed by atoms with Gasteiger partial charge in [-0.3, -0.25) is 10.1 Å². The molecule has 0 saturated carbocycles. The second-order valence-corrected chi connectivity index (χ2v) is 2.68. The van der Waals surface area contributed by atoms with E-state index in [1.54, 1.807) is 12.1 Å². The monoisotopic (exact) mass is 223 g/mol. The first-order valence-corrected chi connectivity index (χ1v) is 4.25. The molecule has 0 aromatic heterocycles. The van der Waals surface area contributed by atoms with E-state index in [1.165, 1.54) is 25.5 Å². The maximum Gasteiger partial charge on any atom is 0.427 e. The van der Waals surface area contributed by atoms with E-state index in [1.807, 2.05) is 5.43 Å². The first-order chi connectivity index (χ1) is 7.65. The van der Waals surface area contributed by atoms with Crippen LogP contribution < -0.4 is 5.43 Å². The molecule has 0 fully saturated rings. The molecule has 0 saturated heterocycles. The topological polar surface area (TPSA) is 93.8 Å². The summed E-state index contributed by atoms with van der Waals surface area (Å²) in [7, 11) is 1.19. The Morgan fingerprint density at radius 3 is 2.88 bits per heavy atom. The molecule has 0 heterocycles. The zero-order valence-corrected chi connectivity index (χ0v) is 8.41. The molecule has 0 aliphatic rings. The number of benzene rings is 1. The third kappa shape index (κ3) is 3.05. The SMILES string of the molecule is COC(=O)N/N=C\c1ccccc1[N+](=O)[O-]. The van der Waals surface area contributed by atoms with Crippen molar-refractivity contribution in [2.24, 2.45) is 5.10 Å². The van der Waals surface area contributed by atoms with Crippen molar-refractivity contribution < 1.29 is 14.5 Å². The van der Waals surface area contributed by atoms with E-state index in [2.05, 4.69) is 9.84 Å². The van der Waals surface area contributed by atoms with Crippen molar-refractivity contribution >= 4 is 18.0 Å². The van der Waals surface area contributed by atoms with Crippen LogP contribution in [0.5, 0.6) is 0 Å². The summed E-state index contributed by atoms with van der Waals surface area (Å²) >= 11 is 0. The molecule has 0 atom stereocenters. The van der Waals surface area contributed by atoms with Crippen LogP contribution in [0.15, 0.2) is 29.4 Å². The Morgan fingerprint density at radius 1 is 1.56 bits per heavy atom. The fraction of sp³-hybridized carbons (Fsp3) is 0.111. The van der Waals surface area contributed by atoms with E-state index in [4.69, 9.17) is 0 Å². The molecular formula is C9H9N3O4. The van der Waals surface area contributed by atoms with E-state index in [-0.39, 0.29) is 5.69 Å². The molecule has 0 unspecified atom stereocenters. The lowest BCUT2D eigenvalue weighted by molar-refractivity contribution is -0.385. The third-order valence-electron chi connectivity index (χ3n) is 1.68. The van der Waals surface area contributed by atoms with Gasteiger partial charge in [-0.15, -0.1) is 0 Å². The van der Waals surface area contributed by atoms with Crippen LogP contribution in [-0.2, 0) is 4.74 Å². The Labute approximate surface area is 90.9 Å². The fourth-order valence-electron chi connectivity index (χ4n) is 0.963. The van der Waals surface area contributed by atoms with Gasteiger partial charge in [0.2, 0.25) is 0 Å². The summed E-state index contributed by atoms with van der Waals surface area (Å²) < 4.78 is 4.27. The number of carbonyl (C=O) groups excluding carboxylic acids is 1. The summed E-state index contributed by atoms with van der Waals surface area (Å²) in [5.74, 6) is 0. The highest BCUT2D eigenvalue weighted by Gasteiger charge is 2.09. The molecule has 1 amide bonds. The van der Waals surface area contributed by atoms with E-state index in [0.29, 0.717) is 5.56 Å². The molecule has 0 bridgehead atoms. The molecule has 7 heteroatoms. The summed E-state index contributed by atoms with van der Waals surface area (Å²) in [6, 6.07) is 6.04. The molecule has 0 radical (unpaired) electrons. The first-order valence-electron chi connectivity index (χ1n) is 4.25. The lowest BCUT2D eigenvalue weighted by Crippen LogP contribution is -2.16. The van der Waals surface area contributed by atoms with Gasteiger partial charge in [0.25, 0.3) is 5.69 Å². The lowest BCUT2D eigenvalue weighted by Gasteiger charge is -1.97. The number of ether oxygens (including phenoxy) is 1. The number of nitro benzene ring substituents is 1. The highest BCUT2D eigenvalue weighted by Crippen LogP contribution is 2.14. The van der Waals surface area contributed by atoms with Crippen LogP contribution in [0.1, 0.15) is 5.56 Å². The molecule has 7 nitrogen and oxygen atoms in total. The molecule has 1 N–H and O–H groups in total. The van der Waals surface area contributed by atoms with Crippen molar-refractivity contribution in [2.75, 3.05) is 7.11 Å². The highest BCUT2D eigenvalue weighted by atomic mass is 16.6. The standard InChI is InChI=1S/C9H9N3O4/c1-16-9(13)11-10-6-7-4-2-3-5-8(7)12(14)15/h2-6H,1H3,(H,11,13)/b10-6-. The Morgan fingerprint density at radius 2 is 2.25 bits per heavy atom. The van der Waals surface area contributed by atoms with Gasteiger partial charge in [0.15, 0.2) is 0 Å². The zero-order valence-electron chi connectivity index (χ0n) is 8.41. The molecule has 0 aliphatic heterocycles. The van der Waals surface area contributed by atoms with Gasteiger partial charge in [-0.05, 0) is 6.07 Å². The molecule has 16 heavy (non-hydrogen) atoms. The van der Waals surface area contributed by atoms with Crippen molar-refractivity contribution in [3.63, 3.8) is 0 Å². The first kappa shape index (κ1) is 11.6. The number of methoxy groups -OCH3 is 1. The fourth-order valence-corrected chi connectivity index (χ4v) is 0.963. The van der Waals surface area contributed by atoms with Crippen molar-refractivity contribution in [2.45, 2.75) is 0 Å². The van der Waals surface area contributed by atoms with Crippen LogP contribution in [-0.4, -0.2) is 24.3 Å². The Hall–Kier alpha value is -2.44. The number of nitrogens with one attached hydrogen (secondary N) is 1. The quantitative estimate of drug-likeness (QED) is 0.474. The second kappa shape index (κ2) is 5.44. The van der Waals surface area contributed by atoms with Gasteiger partial charge in [0.1, 0.15) is 0 Å². The van der Waals surface area contributed by atoms with Crippen LogP contribution >= 0.6 is 0 Å². The van der Waals surface area contributed by atoms with Gasteiger partial charge in [-0.2, -0.15) is 5.10 Å². The van der Waals surface area contributed by atoms with Gasteiger partial charge in [-0.25, -0.2) is 10.2 Å². The minimum Gasteiger partial charge on any atom is -0.452 e. The zero-order chi connectivity index (χ0) is 12.0. The molecular weight excluding hydrogens is 214 g/mol. The number of para-hydroxylation sites is 1. The predicted octanol–water partition coefficient (Wildman–Crippen LogP) is 1.28. The van der Waals surface area contributed by atoms with Gasteiger partial charge in [0, 0.05) is 6.07 Å². The molecule has 0 aliphatic carbocycles. The van der Waals surface area contributed by atoms with Crippen molar-refractivity contribution in [1.82, 2.24) is 5.43 Å². The van der Waals surface area contributed by atoms with Crippen LogP contribution in [0.2, 0.25) is 0 Å². The van der Waals surface area contributed by atoms with Crippen molar-refractivity contribution in [3.8, 4) is 0 Å². The number of nitro groups is 1. The smallest absolute Gasteiger partial charge is 0.427 e. The summed E-state index contributed by atoms with van der Waals surface area (Å²) in [6.07, 6.45) is 0.435. The number of carbonyl (C=O) groups is 1. The predicted molar refractivity (Wildman–Crippen MR) is 56.2 cm³/mol. The Kier molecular flexibility index (Phi) is 3.96. The van der Waals surface area contributed by atoms with E-state index in [9.17, 15) is 14.9 Å². The Balaban J connectivity index is 2.80. The van der Waals surface area contributed by atoms with E-state index < -0.39 is 11.0 Å². The minimum atomic E-state index is -0.741. The normalized spacial score (nSPS) is 10.1. The number of hydrazone groups is 1. The van der Waals surface area contributed by atoms with E-state index in [0.717, 1.165) is 0 Å². The van der Waals surface area contributed by atoms with Gasteiger partial charge < -0.3 is 4.74 Å². The molecule has 0 spiro atoms. The molecule has 1 aromatic carbocycles. The molecule has 1 rings (SSSR count).